The molecular weight excluding hydrogens is 286 g/mol. The Labute approximate surface area is 138 Å². The van der Waals surface area contributed by atoms with E-state index in [-0.39, 0.29) is 0 Å². The Bertz CT molecular complexity index is 670. The van der Waals surface area contributed by atoms with Crippen molar-refractivity contribution in [3.63, 3.8) is 0 Å². The molecule has 0 unspecified atom stereocenters. The quantitative estimate of drug-likeness (QED) is 0.870. The maximum absolute atomic E-state index is 4.48. The minimum absolute atomic E-state index is 0.410. The first-order valence-corrected chi connectivity index (χ1v) is 8.13. The highest BCUT2D eigenvalue weighted by Crippen LogP contribution is 2.26. The van der Waals surface area contributed by atoms with Gasteiger partial charge >= 0.3 is 0 Å². The second-order valence-corrected chi connectivity index (χ2v) is 6.40. The number of aromatic nitrogens is 2. The third-order valence-corrected chi connectivity index (χ3v) is 4.47. The number of hydrogen-bond acceptors (Lipinski definition) is 5. The molecule has 1 aromatic carbocycles. The van der Waals surface area contributed by atoms with Gasteiger partial charge in [0.25, 0.3) is 0 Å². The van der Waals surface area contributed by atoms with E-state index in [1.54, 1.807) is 6.33 Å². The largest absolute Gasteiger partial charge is 0.367 e. The molecule has 2 aromatic rings. The highest BCUT2D eigenvalue weighted by molar-refractivity contribution is 5.56. The van der Waals surface area contributed by atoms with E-state index in [0.717, 1.165) is 31.3 Å². The van der Waals surface area contributed by atoms with Gasteiger partial charge in [0, 0.05) is 51.5 Å². The summed E-state index contributed by atoms with van der Waals surface area (Å²) in [4.78, 5) is 15.7. The predicted molar refractivity (Wildman–Crippen MR) is 96.6 cm³/mol. The molecule has 1 fully saturated rings. The van der Waals surface area contributed by atoms with Crippen LogP contribution in [0, 0.1) is 6.92 Å². The lowest BCUT2D eigenvalue weighted by Gasteiger charge is -2.42. The summed E-state index contributed by atoms with van der Waals surface area (Å²) in [5.74, 6) is 1.96. The number of anilines is 3. The minimum atomic E-state index is 0.410. The van der Waals surface area contributed by atoms with Crippen LogP contribution in [0.3, 0.4) is 0 Å². The Kier molecular flexibility index (Phi) is 4.37. The summed E-state index contributed by atoms with van der Waals surface area (Å²) in [6, 6.07) is 11.1. The molecule has 122 valence electrons. The van der Waals surface area contributed by atoms with Gasteiger partial charge in [-0.25, -0.2) is 9.97 Å². The van der Waals surface area contributed by atoms with Crippen molar-refractivity contribution in [3.05, 3.63) is 42.2 Å². The third kappa shape index (κ3) is 3.23. The van der Waals surface area contributed by atoms with E-state index in [0.29, 0.717) is 6.04 Å². The zero-order valence-electron chi connectivity index (χ0n) is 14.4. The monoisotopic (exact) mass is 311 g/mol. The van der Waals surface area contributed by atoms with Crippen LogP contribution in [0.25, 0.3) is 0 Å². The van der Waals surface area contributed by atoms with Crippen LogP contribution in [-0.2, 0) is 0 Å². The van der Waals surface area contributed by atoms with Crippen molar-refractivity contribution in [2.45, 2.75) is 19.9 Å². The van der Waals surface area contributed by atoms with Crippen LogP contribution in [-0.4, -0.2) is 49.7 Å². The predicted octanol–water partition coefficient (Wildman–Crippen LogP) is 2.57. The third-order valence-electron chi connectivity index (χ3n) is 4.47. The van der Waals surface area contributed by atoms with Gasteiger partial charge in [0.05, 0.1) is 0 Å². The molecule has 5 heteroatoms. The molecule has 1 atom stereocenters. The summed E-state index contributed by atoms with van der Waals surface area (Å²) in [5, 5.41) is 0. The smallest absolute Gasteiger partial charge is 0.134 e. The fourth-order valence-electron chi connectivity index (χ4n) is 3.17. The highest BCUT2D eigenvalue weighted by Gasteiger charge is 2.25. The van der Waals surface area contributed by atoms with E-state index in [1.165, 1.54) is 11.3 Å². The zero-order valence-corrected chi connectivity index (χ0v) is 14.4. The van der Waals surface area contributed by atoms with Crippen LogP contribution in [0.15, 0.2) is 36.7 Å². The van der Waals surface area contributed by atoms with Gasteiger partial charge in [0.15, 0.2) is 0 Å². The molecule has 0 radical (unpaired) electrons. The molecule has 2 heterocycles. The Morgan fingerprint density at radius 3 is 2.61 bits per heavy atom. The van der Waals surface area contributed by atoms with Crippen molar-refractivity contribution in [2.24, 2.45) is 0 Å². The second-order valence-electron chi connectivity index (χ2n) is 6.40. The highest BCUT2D eigenvalue weighted by atomic mass is 15.3. The average molecular weight is 311 g/mol. The summed E-state index contributed by atoms with van der Waals surface area (Å²) < 4.78 is 0. The maximum Gasteiger partial charge on any atom is 0.134 e. The molecule has 1 aliphatic heterocycles. The van der Waals surface area contributed by atoms with Crippen LogP contribution >= 0.6 is 0 Å². The van der Waals surface area contributed by atoms with Crippen LogP contribution < -0.4 is 14.7 Å². The van der Waals surface area contributed by atoms with Gasteiger partial charge in [0.1, 0.15) is 18.0 Å². The van der Waals surface area contributed by atoms with Crippen LogP contribution in [0.5, 0.6) is 0 Å². The lowest BCUT2D eigenvalue weighted by atomic mass is 10.1. The van der Waals surface area contributed by atoms with E-state index in [2.05, 4.69) is 63.9 Å². The number of rotatable bonds is 3. The van der Waals surface area contributed by atoms with Crippen molar-refractivity contribution in [2.75, 3.05) is 48.4 Å². The van der Waals surface area contributed by atoms with Gasteiger partial charge < -0.3 is 14.7 Å². The summed E-state index contributed by atoms with van der Waals surface area (Å²) in [7, 11) is 4.01. The Hall–Kier alpha value is -2.30. The molecule has 3 rings (SSSR count). The zero-order chi connectivity index (χ0) is 16.4. The first kappa shape index (κ1) is 15.6. The fourth-order valence-corrected chi connectivity index (χ4v) is 3.17. The van der Waals surface area contributed by atoms with E-state index in [1.807, 2.05) is 19.0 Å². The molecule has 0 saturated carbocycles. The maximum atomic E-state index is 4.48. The summed E-state index contributed by atoms with van der Waals surface area (Å²) in [6.45, 7) is 7.43. The first-order chi connectivity index (χ1) is 11.1. The van der Waals surface area contributed by atoms with Gasteiger partial charge in [0.2, 0.25) is 0 Å². The van der Waals surface area contributed by atoms with Gasteiger partial charge in [-0.1, -0.05) is 18.2 Å². The topological polar surface area (TPSA) is 35.5 Å². The number of piperazine rings is 1. The number of para-hydroxylation sites is 1. The van der Waals surface area contributed by atoms with Crippen molar-refractivity contribution in [3.8, 4) is 0 Å². The van der Waals surface area contributed by atoms with Gasteiger partial charge in [-0.3, -0.25) is 0 Å². The van der Waals surface area contributed by atoms with Crippen molar-refractivity contribution in [1.82, 2.24) is 9.97 Å². The van der Waals surface area contributed by atoms with Gasteiger partial charge in [-0.15, -0.1) is 0 Å². The van der Waals surface area contributed by atoms with Crippen LogP contribution in [0.1, 0.15) is 12.5 Å². The molecule has 0 aliphatic carbocycles. The van der Waals surface area contributed by atoms with Crippen molar-refractivity contribution in [1.29, 1.82) is 0 Å². The molecule has 0 amide bonds. The molecule has 5 nitrogen and oxygen atoms in total. The number of aryl methyl sites for hydroxylation is 1. The first-order valence-electron chi connectivity index (χ1n) is 8.13. The summed E-state index contributed by atoms with van der Waals surface area (Å²) in [5.41, 5.74) is 2.68. The number of nitrogens with zero attached hydrogens (tertiary/aromatic N) is 5. The standard InChI is InChI=1S/C18H25N5/c1-14-7-5-6-8-16(14)22-9-10-23(15(2)12-22)18-11-17(21(3)4)19-13-20-18/h5-8,11,13,15H,9-10,12H2,1-4H3/t15-/m1/s1. The molecule has 0 spiro atoms. The Morgan fingerprint density at radius 1 is 1.13 bits per heavy atom. The van der Waals surface area contributed by atoms with E-state index < -0.39 is 0 Å². The molecule has 1 aromatic heterocycles. The number of benzene rings is 1. The molecular formula is C18H25N5. The van der Waals surface area contributed by atoms with Crippen LogP contribution in [0.2, 0.25) is 0 Å². The molecule has 0 bridgehead atoms. The second kappa shape index (κ2) is 6.44. The molecule has 1 aliphatic rings. The van der Waals surface area contributed by atoms with E-state index in [9.17, 15) is 0 Å². The SMILES string of the molecule is Cc1ccccc1N1CCN(c2cc(N(C)C)ncn2)[C@H](C)C1. The molecule has 23 heavy (non-hydrogen) atoms. The Balaban J connectivity index is 1.77. The van der Waals surface area contributed by atoms with Crippen molar-refractivity contribution >= 4 is 17.3 Å². The van der Waals surface area contributed by atoms with Crippen LogP contribution in [0.4, 0.5) is 17.3 Å². The minimum Gasteiger partial charge on any atom is -0.367 e. The summed E-state index contributed by atoms with van der Waals surface area (Å²) in [6.07, 6.45) is 1.66. The van der Waals surface area contributed by atoms with E-state index >= 15 is 0 Å². The van der Waals surface area contributed by atoms with Gasteiger partial charge in [-0.2, -0.15) is 0 Å². The summed E-state index contributed by atoms with van der Waals surface area (Å²) >= 11 is 0. The number of hydrogen-bond donors (Lipinski definition) is 0. The van der Waals surface area contributed by atoms with Gasteiger partial charge in [-0.05, 0) is 25.5 Å². The average Bonchev–Trinajstić information content (AvgIpc) is 2.55. The molecule has 1 saturated heterocycles. The lowest BCUT2D eigenvalue weighted by molar-refractivity contribution is 0.545. The fraction of sp³-hybridized carbons (Fsp3) is 0.444. The molecule has 0 N–H and O–H groups in total. The van der Waals surface area contributed by atoms with Crippen molar-refractivity contribution < 1.29 is 0 Å². The Morgan fingerprint density at radius 2 is 1.91 bits per heavy atom. The van der Waals surface area contributed by atoms with E-state index in [4.69, 9.17) is 0 Å². The normalized spacial score (nSPS) is 18.2. The lowest BCUT2D eigenvalue weighted by Crippen LogP contribution is -2.52.